The standard InChI is InChI=1S/C36H51N3O4S/c1-24(2)20-26(22-40)39-29-32(43)38(34(6,7)23-33(3,4)5)19-13-17-36(29)28(31(39)42)27-30(41)37(18-12-16-35(27,8)44-36)21-25-14-10-9-11-15-25/h9-17,24,26-29,40H,18-23H2,1-8H3/t26-,27-,28+,29?,35+,36+/m1/s1. The van der Waals surface area contributed by atoms with E-state index in [1.165, 1.54) is 0 Å². The maximum absolute atomic E-state index is 15.0. The highest BCUT2D eigenvalue weighted by atomic mass is 32.2. The SMILES string of the molecule is CC(C)C[C@H](CO)N1C(=O)[C@@H]2[C@@H]3C(=O)N(Cc4ccccc4)CC=C[C@]3(C)S[C@@]23C=CCN(C(C)(C)CC(C)(C)C)C(=O)C13. The molecule has 8 heteroatoms. The normalized spacial score (nSPS) is 31.3. The first-order chi connectivity index (χ1) is 20.5. The number of benzene rings is 1. The zero-order chi connectivity index (χ0) is 32.2. The third-order valence-electron chi connectivity index (χ3n) is 9.84. The number of carbonyl (C=O) groups excluding carboxylic acids is 3. The minimum atomic E-state index is -0.930. The summed E-state index contributed by atoms with van der Waals surface area (Å²) in [6.07, 6.45) is 9.66. The van der Waals surface area contributed by atoms with Gasteiger partial charge in [0.2, 0.25) is 17.7 Å². The second-order valence-electron chi connectivity index (χ2n) is 15.7. The predicted molar refractivity (Wildman–Crippen MR) is 177 cm³/mol. The number of carbonyl (C=O) groups is 3. The summed E-state index contributed by atoms with van der Waals surface area (Å²) in [7, 11) is 0. The average molecular weight is 622 g/mol. The number of hydrogen-bond donors (Lipinski definition) is 1. The van der Waals surface area contributed by atoms with Gasteiger partial charge in [-0.3, -0.25) is 14.4 Å². The molecule has 2 fully saturated rings. The highest BCUT2D eigenvalue weighted by molar-refractivity contribution is 8.02. The molecule has 3 amide bonds. The van der Waals surface area contributed by atoms with Crippen LogP contribution in [0.5, 0.6) is 0 Å². The minimum Gasteiger partial charge on any atom is -0.394 e. The molecule has 5 rings (SSSR count). The molecule has 7 nitrogen and oxygen atoms in total. The zero-order valence-corrected chi connectivity index (χ0v) is 28.6. The summed E-state index contributed by atoms with van der Waals surface area (Å²) in [5.74, 6) is -1.48. The molecule has 0 aliphatic carbocycles. The molecular weight excluding hydrogens is 570 g/mol. The van der Waals surface area contributed by atoms with Crippen LogP contribution < -0.4 is 0 Å². The van der Waals surface area contributed by atoms with Gasteiger partial charge in [-0.05, 0) is 50.5 Å². The van der Waals surface area contributed by atoms with E-state index in [2.05, 4.69) is 79.7 Å². The van der Waals surface area contributed by atoms with Gasteiger partial charge in [-0.2, -0.15) is 0 Å². The molecule has 0 aromatic heterocycles. The van der Waals surface area contributed by atoms with Gasteiger partial charge in [-0.1, -0.05) is 89.3 Å². The summed E-state index contributed by atoms with van der Waals surface area (Å²) in [6.45, 7) is 18.1. The summed E-state index contributed by atoms with van der Waals surface area (Å²) in [4.78, 5) is 50.0. The Kier molecular flexibility index (Phi) is 8.69. The highest BCUT2D eigenvalue weighted by Crippen LogP contribution is 2.66. The maximum atomic E-state index is 15.0. The molecule has 240 valence electrons. The number of thioether (sulfide) groups is 1. The van der Waals surface area contributed by atoms with Crippen LogP contribution in [0.25, 0.3) is 0 Å². The molecule has 1 aromatic rings. The van der Waals surface area contributed by atoms with Crippen LogP contribution in [0, 0.1) is 23.2 Å². The molecule has 4 aliphatic rings. The Bertz CT molecular complexity index is 1330. The Labute approximate surface area is 268 Å². The fourth-order valence-electron chi connectivity index (χ4n) is 8.61. The van der Waals surface area contributed by atoms with E-state index >= 15 is 4.79 Å². The van der Waals surface area contributed by atoms with Gasteiger partial charge in [0.05, 0.1) is 29.2 Å². The van der Waals surface area contributed by atoms with Gasteiger partial charge in [0.25, 0.3) is 0 Å². The summed E-state index contributed by atoms with van der Waals surface area (Å²) in [5.41, 5.74) is 0.553. The molecule has 2 saturated heterocycles. The number of aliphatic hydroxyl groups is 1. The van der Waals surface area contributed by atoms with E-state index in [0.29, 0.717) is 26.1 Å². The molecular formula is C36H51N3O4S. The van der Waals surface area contributed by atoms with Crippen molar-refractivity contribution in [2.75, 3.05) is 19.7 Å². The number of amides is 3. The molecule has 6 atom stereocenters. The Hall–Kier alpha value is -2.58. The number of fused-ring (bicyclic) bond motifs is 2. The second kappa shape index (κ2) is 11.7. The van der Waals surface area contributed by atoms with E-state index in [1.807, 2.05) is 40.1 Å². The van der Waals surface area contributed by atoms with Crippen LogP contribution in [0.4, 0.5) is 0 Å². The minimum absolute atomic E-state index is 0.0152. The van der Waals surface area contributed by atoms with Crippen molar-refractivity contribution in [3.05, 3.63) is 60.2 Å². The van der Waals surface area contributed by atoms with Gasteiger partial charge in [-0.15, -0.1) is 11.8 Å². The van der Waals surface area contributed by atoms with E-state index in [0.717, 1.165) is 12.0 Å². The molecule has 0 radical (unpaired) electrons. The van der Waals surface area contributed by atoms with Crippen molar-refractivity contribution < 1.29 is 19.5 Å². The van der Waals surface area contributed by atoms with Crippen molar-refractivity contribution >= 4 is 29.5 Å². The number of nitrogens with zero attached hydrogens (tertiary/aromatic N) is 3. The summed E-state index contributed by atoms with van der Waals surface area (Å²) < 4.78 is -1.60. The first-order valence-electron chi connectivity index (χ1n) is 16.2. The maximum Gasteiger partial charge on any atom is 0.247 e. The molecule has 1 unspecified atom stereocenters. The van der Waals surface area contributed by atoms with Crippen molar-refractivity contribution in [3.8, 4) is 0 Å². The van der Waals surface area contributed by atoms with Crippen molar-refractivity contribution in [1.82, 2.24) is 14.7 Å². The van der Waals surface area contributed by atoms with Crippen LogP contribution in [-0.2, 0) is 20.9 Å². The fourth-order valence-corrected chi connectivity index (χ4v) is 10.8. The van der Waals surface area contributed by atoms with E-state index in [4.69, 9.17) is 0 Å². The summed E-state index contributed by atoms with van der Waals surface area (Å²) in [5, 5.41) is 10.7. The molecule has 0 bridgehead atoms. The quantitative estimate of drug-likeness (QED) is 0.399. The summed E-state index contributed by atoms with van der Waals surface area (Å²) in [6, 6.07) is 8.61. The van der Waals surface area contributed by atoms with Gasteiger partial charge < -0.3 is 19.8 Å². The van der Waals surface area contributed by atoms with Crippen molar-refractivity contribution in [1.29, 1.82) is 0 Å². The van der Waals surface area contributed by atoms with E-state index in [-0.39, 0.29) is 35.7 Å². The average Bonchev–Trinajstić information content (AvgIpc) is 3.19. The first-order valence-corrected chi connectivity index (χ1v) is 17.0. The van der Waals surface area contributed by atoms with Gasteiger partial charge in [0.15, 0.2) is 0 Å². The number of rotatable bonds is 8. The van der Waals surface area contributed by atoms with Crippen LogP contribution in [-0.4, -0.2) is 84.3 Å². The van der Waals surface area contributed by atoms with Gasteiger partial charge >= 0.3 is 0 Å². The van der Waals surface area contributed by atoms with Crippen LogP contribution in [0.15, 0.2) is 54.6 Å². The third-order valence-corrected chi connectivity index (χ3v) is 11.6. The van der Waals surface area contributed by atoms with Gasteiger partial charge in [0.1, 0.15) is 6.04 Å². The Morgan fingerprint density at radius 2 is 1.59 bits per heavy atom. The second-order valence-corrected chi connectivity index (χ2v) is 17.5. The lowest BCUT2D eigenvalue weighted by Gasteiger charge is -2.46. The predicted octanol–water partition coefficient (Wildman–Crippen LogP) is 5.29. The number of hydrogen-bond acceptors (Lipinski definition) is 5. The van der Waals surface area contributed by atoms with E-state index in [1.54, 1.807) is 16.7 Å². The van der Waals surface area contributed by atoms with Crippen LogP contribution in [0.3, 0.4) is 0 Å². The molecule has 4 heterocycles. The van der Waals surface area contributed by atoms with Crippen molar-refractivity contribution in [2.24, 2.45) is 23.2 Å². The zero-order valence-electron chi connectivity index (χ0n) is 27.7. The van der Waals surface area contributed by atoms with E-state index < -0.39 is 39.0 Å². The first kappa shape index (κ1) is 32.8. The lowest BCUT2D eigenvalue weighted by Crippen LogP contribution is -2.60. The lowest BCUT2D eigenvalue weighted by molar-refractivity contribution is -0.150. The van der Waals surface area contributed by atoms with Crippen molar-refractivity contribution in [2.45, 2.75) is 102 Å². The molecule has 0 saturated carbocycles. The Morgan fingerprint density at radius 3 is 2.20 bits per heavy atom. The molecule has 4 aliphatic heterocycles. The van der Waals surface area contributed by atoms with Crippen LogP contribution in [0.2, 0.25) is 0 Å². The topological polar surface area (TPSA) is 81.2 Å². The van der Waals surface area contributed by atoms with Crippen molar-refractivity contribution in [3.63, 3.8) is 0 Å². The summed E-state index contributed by atoms with van der Waals surface area (Å²) >= 11 is 1.61. The largest absolute Gasteiger partial charge is 0.394 e. The smallest absolute Gasteiger partial charge is 0.247 e. The molecule has 1 spiro atoms. The lowest BCUT2D eigenvalue weighted by atomic mass is 9.74. The Morgan fingerprint density at radius 1 is 0.932 bits per heavy atom. The third kappa shape index (κ3) is 5.66. The van der Waals surface area contributed by atoms with E-state index in [9.17, 15) is 14.7 Å². The van der Waals surface area contributed by atoms with Crippen LogP contribution >= 0.6 is 11.8 Å². The molecule has 1 N–H and O–H groups in total. The fraction of sp³-hybridized carbons (Fsp3) is 0.639. The monoisotopic (exact) mass is 621 g/mol. The van der Waals surface area contributed by atoms with Gasteiger partial charge in [0, 0.05) is 29.9 Å². The highest BCUT2D eigenvalue weighted by Gasteiger charge is 2.74. The molecule has 44 heavy (non-hydrogen) atoms. The number of likely N-dealkylation sites (tertiary alicyclic amines) is 1. The van der Waals surface area contributed by atoms with Crippen LogP contribution in [0.1, 0.15) is 73.8 Å². The Balaban J connectivity index is 1.62. The number of aliphatic hydroxyl groups excluding tert-OH is 1. The molecule has 1 aromatic carbocycles. The van der Waals surface area contributed by atoms with Gasteiger partial charge in [-0.25, -0.2) is 0 Å².